The number of carbonyl (C=O) groups excluding carboxylic acids is 2. The van der Waals surface area contributed by atoms with Gasteiger partial charge in [-0.3, -0.25) is 14.4 Å². The van der Waals surface area contributed by atoms with Crippen LogP contribution < -0.4 is 10.2 Å². The van der Waals surface area contributed by atoms with E-state index in [4.69, 9.17) is 5.11 Å². The molecule has 6 nitrogen and oxygen atoms in total. The second kappa shape index (κ2) is 6.39. The third kappa shape index (κ3) is 3.59. The summed E-state index contributed by atoms with van der Waals surface area (Å²) in [4.78, 5) is 36.1. The van der Waals surface area contributed by atoms with Crippen molar-refractivity contribution in [3.8, 4) is 0 Å². The Balaban J connectivity index is 2.00. The smallest absolute Gasteiger partial charge is 0.303 e. The molecule has 1 saturated heterocycles. The Kier molecular flexibility index (Phi) is 4.57. The van der Waals surface area contributed by atoms with Crippen molar-refractivity contribution < 1.29 is 19.5 Å². The third-order valence-electron chi connectivity index (χ3n) is 3.49. The van der Waals surface area contributed by atoms with E-state index in [-0.39, 0.29) is 24.8 Å². The maximum absolute atomic E-state index is 12.4. The van der Waals surface area contributed by atoms with Gasteiger partial charge < -0.3 is 15.3 Å². The van der Waals surface area contributed by atoms with Crippen molar-refractivity contribution in [2.45, 2.75) is 38.3 Å². The first-order valence-electron chi connectivity index (χ1n) is 6.88. The number of carbonyl (C=O) groups is 3. The van der Waals surface area contributed by atoms with Gasteiger partial charge >= 0.3 is 5.97 Å². The van der Waals surface area contributed by atoms with E-state index in [9.17, 15) is 14.4 Å². The number of nitrogens with one attached hydrogen (secondary N) is 1. The number of amides is 2. The highest BCUT2D eigenvalue weighted by molar-refractivity contribution is 6.02. The van der Waals surface area contributed by atoms with Crippen LogP contribution in [0.4, 0.5) is 5.69 Å². The zero-order valence-electron chi connectivity index (χ0n) is 11.8. The van der Waals surface area contributed by atoms with Crippen molar-refractivity contribution in [2.75, 3.05) is 4.90 Å². The summed E-state index contributed by atoms with van der Waals surface area (Å²) in [5, 5.41) is 11.2. The molecule has 0 aromatic heterocycles. The minimum absolute atomic E-state index is 0.00956. The molecule has 1 aliphatic rings. The molecule has 0 aliphatic carbocycles. The predicted octanol–water partition coefficient (Wildman–Crippen LogP) is 1.16. The van der Waals surface area contributed by atoms with E-state index >= 15 is 0 Å². The minimum Gasteiger partial charge on any atom is -0.481 e. The summed E-state index contributed by atoms with van der Waals surface area (Å²) in [6.45, 7) is 1.92. The standard InChI is InChI=1S/C15H18N2O4/c1-10-9-12(16-13(18)7-8-14(19)20)15(21)17(10)11-5-3-2-4-6-11/h2-6,10,12H,7-9H2,1H3,(H,16,18)(H,19,20). The molecule has 2 amide bonds. The number of aliphatic carboxylic acids is 1. The number of carboxylic acids is 1. The number of nitrogens with zero attached hydrogens (tertiary/aromatic N) is 1. The predicted molar refractivity (Wildman–Crippen MR) is 76.8 cm³/mol. The highest BCUT2D eigenvalue weighted by Crippen LogP contribution is 2.26. The summed E-state index contributed by atoms with van der Waals surface area (Å²) in [7, 11) is 0. The fourth-order valence-corrected chi connectivity index (χ4v) is 2.51. The number of anilines is 1. The molecular weight excluding hydrogens is 272 g/mol. The van der Waals surface area contributed by atoms with E-state index in [1.54, 1.807) is 4.90 Å². The number of hydrogen-bond acceptors (Lipinski definition) is 3. The van der Waals surface area contributed by atoms with Gasteiger partial charge in [-0.1, -0.05) is 18.2 Å². The van der Waals surface area contributed by atoms with Crippen LogP contribution in [0.1, 0.15) is 26.2 Å². The van der Waals surface area contributed by atoms with Crippen LogP contribution in [0.15, 0.2) is 30.3 Å². The first-order valence-corrected chi connectivity index (χ1v) is 6.88. The zero-order valence-corrected chi connectivity index (χ0v) is 11.8. The Bertz CT molecular complexity index is 544. The topological polar surface area (TPSA) is 86.7 Å². The quantitative estimate of drug-likeness (QED) is 0.852. The van der Waals surface area contributed by atoms with Gasteiger partial charge in [-0.25, -0.2) is 0 Å². The molecule has 0 saturated carbocycles. The minimum atomic E-state index is -1.03. The van der Waals surface area contributed by atoms with Gasteiger partial charge in [0.1, 0.15) is 6.04 Å². The van der Waals surface area contributed by atoms with E-state index < -0.39 is 17.9 Å². The Hall–Kier alpha value is -2.37. The molecule has 1 aromatic rings. The van der Waals surface area contributed by atoms with Crippen LogP contribution in [-0.2, 0) is 14.4 Å². The molecule has 112 valence electrons. The highest BCUT2D eigenvalue weighted by atomic mass is 16.4. The average Bonchev–Trinajstić information content (AvgIpc) is 2.72. The van der Waals surface area contributed by atoms with Crippen LogP contribution in [-0.4, -0.2) is 35.0 Å². The number of para-hydroxylation sites is 1. The van der Waals surface area contributed by atoms with Gasteiger partial charge in [0.2, 0.25) is 11.8 Å². The third-order valence-corrected chi connectivity index (χ3v) is 3.49. The summed E-state index contributed by atoms with van der Waals surface area (Å²) in [5.41, 5.74) is 0.803. The molecule has 0 bridgehead atoms. The van der Waals surface area contributed by atoms with Crippen LogP contribution in [0.3, 0.4) is 0 Å². The number of benzene rings is 1. The van der Waals surface area contributed by atoms with Crippen molar-refractivity contribution in [1.82, 2.24) is 5.32 Å². The van der Waals surface area contributed by atoms with Crippen molar-refractivity contribution in [3.63, 3.8) is 0 Å². The van der Waals surface area contributed by atoms with Gasteiger partial charge in [-0.05, 0) is 25.5 Å². The van der Waals surface area contributed by atoms with Crippen molar-refractivity contribution >= 4 is 23.5 Å². The lowest BCUT2D eigenvalue weighted by molar-refractivity contribution is -0.139. The first-order chi connectivity index (χ1) is 9.99. The summed E-state index contributed by atoms with van der Waals surface area (Å²) in [5.74, 6) is -1.59. The molecule has 2 unspecified atom stereocenters. The van der Waals surface area contributed by atoms with Gasteiger partial charge in [-0.15, -0.1) is 0 Å². The molecule has 2 atom stereocenters. The SMILES string of the molecule is CC1CC(NC(=O)CCC(=O)O)C(=O)N1c1ccccc1. The molecule has 1 aliphatic heterocycles. The number of carboxylic acid groups (broad SMARTS) is 1. The molecule has 2 rings (SSSR count). The summed E-state index contributed by atoms with van der Waals surface area (Å²) in [6, 6.07) is 8.69. The van der Waals surface area contributed by atoms with Crippen LogP contribution in [0.25, 0.3) is 0 Å². The van der Waals surface area contributed by atoms with Gasteiger partial charge in [0.15, 0.2) is 0 Å². The van der Waals surface area contributed by atoms with Crippen molar-refractivity contribution in [1.29, 1.82) is 0 Å². The van der Waals surface area contributed by atoms with Gasteiger partial charge in [0.25, 0.3) is 0 Å². The second-order valence-corrected chi connectivity index (χ2v) is 5.14. The van der Waals surface area contributed by atoms with Gasteiger partial charge in [0, 0.05) is 18.2 Å². The van der Waals surface area contributed by atoms with Crippen molar-refractivity contribution in [3.05, 3.63) is 30.3 Å². The van der Waals surface area contributed by atoms with Crippen LogP contribution in [0.5, 0.6) is 0 Å². The average molecular weight is 290 g/mol. The van der Waals surface area contributed by atoms with E-state index in [1.807, 2.05) is 37.3 Å². The van der Waals surface area contributed by atoms with Crippen LogP contribution >= 0.6 is 0 Å². The summed E-state index contributed by atoms with van der Waals surface area (Å²) < 4.78 is 0. The molecule has 6 heteroatoms. The van der Waals surface area contributed by atoms with Gasteiger partial charge in [0.05, 0.1) is 6.42 Å². The molecular formula is C15H18N2O4. The van der Waals surface area contributed by atoms with E-state index in [1.165, 1.54) is 0 Å². The largest absolute Gasteiger partial charge is 0.481 e. The van der Waals surface area contributed by atoms with Crippen LogP contribution in [0, 0.1) is 0 Å². The molecule has 1 heterocycles. The van der Waals surface area contributed by atoms with E-state index in [0.717, 1.165) is 5.69 Å². The lowest BCUT2D eigenvalue weighted by Crippen LogP contribution is -2.42. The molecule has 2 N–H and O–H groups in total. The fraction of sp³-hybridized carbons (Fsp3) is 0.400. The number of rotatable bonds is 5. The molecule has 1 aromatic carbocycles. The number of hydrogen-bond donors (Lipinski definition) is 2. The Labute approximate surface area is 122 Å². The molecule has 0 radical (unpaired) electrons. The molecule has 21 heavy (non-hydrogen) atoms. The molecule has 0 spiro atoms. The van der Waals surface area contributed by atoms with Crippen molar-refractivity contribution in [2.24, 2.45) is 0 Å². The Morgan fingerprint density at radius 3 is 2.57 bits per heavy atom. The Morgan fingerprint density at radius 2 is 1.95 bits per heavy atom. The Morgan fingerprint density at radius 1 is 1.29 bits per heavy atom. The van der Waals surface area contributed by atoms with Crippen LogP contribution in [0.2, 0.25) is 0 Å². The fourth-order valence-electron chi connectivity index (χ4n) is 2.51. The summed E-state index contributed by atoms with van der Waals surface area (Å²) in [6.07, 6.45) is 0.177. The lowest BCUT2D eigenvalue weighted by Gasteiger charge is -2.21. The second-order valence-electron chi connectivity index (χ2n) is 5.14. The zero-order chi connectivity index (χ0) is 15.4. The van der Waals surface area contributed by atoms with E-state index in [2.05, 4.69) is 5.32 Å². The summed E-state index contributed by atoms with van der Waals surface area (Å²) >= 11 is 0. The molecule has 1 fully saturated rings. The highest BCUT2D eigenvalue weighted by Gasteiger charge is 2.38. The maximum Gasteiger partial charge on any atom is 0.303 e. The van der Waals surface area contributed by atoms with Gasteiger partial charge in [-0.2, -0.15) is 0 Å². The normalized spacial score (nSPS) is 21.4. The monoisotopic (exact) mass is 290 g/mol. The maximum atomic E-state index is 12.4. The first kappa shape index (κ1) is 15.0. The van der Waals surface area contributed by atoms with E-state index in [0.29, 0.717) is 6.42 Å². The lowest BCUT2D eigenvalue weighted by atomic mass is 10.2.